The van der Waals surface area contributed by atoms with Gasteiger partial charge in [0, 0.05) is 55.2 Å². The molecule has 1 unspecified atom stereocenters. The largest absolute Gasteiger partial charge is 0.379 e. The summed E-state index contributed by atoms with van der Waals surface area (Å²) in [6.45, 7) is 3.45. The number of ether oxygens (including phenoxy) is 1. The molecular weight excluding hydrogens is 560 g/mol. The van der Waals surface area contributed by atoms with Crippen molar-refractivity contribution < 1.29 is 13.2 Å². The standard InChI is InChI=1S/C33H38N6O3S/c34-25-13-15-38(22-25)33-28-4-2-1-3-5-30(28)37-31-11-6-23(20-29(31)33)24-12-14-35-32(21-24)36-26-7-9-27(10-8-26)43(40,41)39-16-18-42-19-17-39/h6-12,14,20-21,25H,1-5,13,15-19,22,34H2,(H,35,36). The van der Waals surface area contributed by atoms with E-state index in [0.717, 1.165) is 54.7 Å². The molecule has 4 aromatic rings. The van der Waals surface area contributed by atoms with Crippen LogP contribution in [0.15, 0.2) is 65.7 Å². The van der Waals surface area contributed by atoms with Crippen LogP contribution in [-0.2, 0) is 27.6 Å². The van der Waals surface area contributed by atoms with Crippen LogP contribution in [0.3, 0.4) is 0 Å². The van der Waals surface area contributed by atoms with Gasteiger partial charge in [0.05, 0.1) is 29.3 Å². The molecule has 224 valence electrons. The van der Waals surface area contributed by atoms with Gasteiger partial charge in [-0.15, -0.1) is 0 Å². The second-order valence-corrected chi connectivity index (χ2v) is 13.7. The van der Waals surface area contributed by atoms with Crippen molar-refractivity contribution in [3.63, 3.8) is 0 Å². The number of nitrogens with two attached hydrogens (primary N) is 1. The molecule has 0 spiro atoms. The maximum Gasteiger partial charge on any atom is 0.243 e. The minimum atomic E-state index is -3.54. The molecule has 9 nitrogen and oxygen atoms in total. The molecule has 10 heteroatoms. The number of hydrogen-bond acceptors (Lipinski definition) is 8. The lowest BCUT2D eigenvalue weighted by Gasteiger charge is -2.26. The number of anilines is 3. The molecule has 3 N–H and O–H groups in total. The van der Waals surface area contributed by atoms with Gasteiger partial charge in [-0.25, -0.2) is 13.4 Å². The van der Waals surface area contributed by atoms with Gasteiger partial charge in [-0.05, 0) is 97.3 Å². The normalized spacial score (nSPS) is 19.7. The van der Waals surface area contributed by atoms with Gasteiger partial charge in [-0.2, -0.15) is 4.31 Å². The molecule has 2 fully saturated rings. The predicted molar refractivity (Wildman–Crippen MR) is 170 cm³/mol. The maximum absolute atomic E-state index is 13.0. The number of pyridine rings is 2. The summed E-state index contributed by atoms with van der Waals surface area (Å²) < 4.78 is 32.8. The Balaban J connectivity index is 1.18. The summed E-state index contributed by atoms with van der Waals surface area (Å²) in [6.07, 6.45) is 8.57. The van der Waals surface area contributed by atoms with Crippen molar-refractivity contribution in [3.05, 3.63) is 72.1 Å². The number of benzene rings is 2. The Morgan fingerprint density at radius 3 is 2.49 bits per heavy atom. The molecular formula is C33H38N6O3S. The highest BCUT2D eigenvalue weighted by molar-refractivity contribution is 7.89. The summed E-state index contributed by atoms with van der Waals surface area (Å²) >= 11 is 0. The van der Waals surface area contributed by atoms with Crippen LogP contribution in [0.25, 0.3) is 22.0 Å². The third kappa shape index (κ3) is 5.72. The third-order valence-corrected chi connectivity index (χ3v) is 10.8. The van der Waals surface area contributed by atoms with Crippen LogP contribution in [0, 0.1) is 0 Å². The van der Waals surface area contributed by atoms with Crippen molar-refractivity contribution in [2.24, 2.45) is 5.73 Å². The van der Waals surface area contributed by atoms with Gasteiger partial charge in [0.2, 0.25) is 10.0 Å². The summed E-state index contributed by atoms with van der Waals surface area (Å²) in [7, 11) is -3.54. The minimum Gasteiger partial charge on any atom is -0.379 e. The van der Waals surface area contributed by atoms with E-state index in [1.807, 2.05) is 12.1 Å². The lowest BCUT2D eigenvalue weighted by atomic mass is 9.97. The second-order valence-electron chi connectivity index (χ2n) is 11.8. The molecule has 0 amide bonds. The fraction of sp³-hybridized carbons (Fsp3) is 0.394. The van der Waals surface area contributed by atoms with E-state index in [9.17, 15) is 8.42 Å². The van der Waals surface area contributed by atoms with E-state index in [1.165, 1.54) is 45.9 Å². The summed E-state index contributed by atoms with van der Waals surface area (Å²) in [5.41, 5.74) is 14.3. The number of morpholine rings is 1. The smallest absolute Gasteiger partial charge is 0.243 e. The Labute approximate surface area is 253 Å². The van der Waals surface area contributed by atoms with Gasteiger partial charge in [-0.1, -0.05) is 12.5 Å². The zero-order valence-corrected chi connectivity index (χ0v) is 25.2. The van der Waals surface area contributed by atoms with Crippen molar-refractivity contribution >= 4 is 38.1 Å². The van der Waals surface area contributed by atoms with Crippen molar-refractivity contribution in [2.75, 3.05) is 49.6 Å². The number of nitrogens with zero attached hydrogens (tertiary/aromatic N) is 4. The Bertz CT molecular complexity index is 1740. The fourth-order valence-corrected chi connectivity index (χ4v) is 7.99. The molecule has 2 aliphatic heterocycles. The van der Waals surface area contributed by atoms with Gasteiger partial charge < -0.3 is 20.7 Å². The third-order valence-electron chi connectivity index (χ3n) is 8.85. The van der Waals surface area contributed by atoms with Crippen molar-refractivity contribution in [1.29, 1.82) is 0 Å². The minimum absolute atomic E-state index is 0.204. The molecule has 3 aliphatic rings. The highest BCUT2D eigenvalue weighted by atomic mass is 32.2. The summed E-state index contributed by atoms with van der Waals surface area (Å²) in [5.74, 6) is 0.687. The summed E-state index contributed by atoms with van der Waals surface area (Å²) in [4.78, 5) is 12.5. The highest BCUT2D eigenvalue weighted by Crippen LogP contribution is 2.39. The van der Waals surface area contributed by atoms with E-state index in [1.54, 1.807) is 30.5 Å². The van der Waals surface area contributed by atoms with Gasteiger partial charge in [-0.3, -0.25) is 4.98 Å². The molecule has 1 atom stereocenters. The fourth-order valence-electron chi connectivity index (χ4n) is 6.58. The quantitative estimate of drug-likeness (QED) is 0.303. The highest BCUT2D eigenvalue weighted by Gasteiger charge is 2.27. The predicted octanol–water partition coefficient (Wildman–Crippen LogP) is 4.87. The van der Waals surface area contributed by atoms with Crippen LogP contribution in [0.2, 0.25) is 0 Å². The lowest BCUT2D eigenvalue weighted by Crippen LogP contribution is -2.40. The van der Waals surface area contributed by atoms with E-state index >= 15 is 0 Å². The van der Waals surface area contributed by atoms with Crippen LogP contribution in [0.5, 0.6) is 0 Å². The van der Waals surface area contributed by atoms with Gasteiger partial charge >= 0.3 is 0 Å². The van der Waals surface area contributed by atoms with Gasteiger partial charge in [0.1, 0.15) is 5.82 Å². The van der Waals surface area contributed by atoms with E-state index in [4.69, 9.17) is 15.5 Å². The van der Waals surface area contributed by atoms with Crippen LogP contribution < -0.4 is 16.0 Å². The Morgan fingerprint density at radius 2 is 1.70 bits per heavy atom. The average Bonchev–Trinajstić information content (AvgIpc) is 3.32. The van der Waals surface area contributed by atoms with Crippen LogP contribution in [0.1, 0.15) is 36.9 Å². The van der Waals surface area contributed by atoms with Crippen molar-refractivity contribution in [3.8, 4) is 11.1 Å². The van der Waals surface area contributed by atoms with E-state index in [-0.39, 0.29) is 10.9 Å². The van der Waals surface area contributed by atoms with Crippen LogP contribution in [-0.4, -0.2) is 68.1 Å². The first-order valence-electron chi connectivity index (χ1n) is 15.3. The molecule has 0 bridgehead atoms. The van der Waals surface area contributed by atoms with E-state index in [0.29, 0.717) is 32.1 Å². The van der Waals surface area contributed by atoms with E-state index < -0.39 is 10.0 Å². The molecule has 2 aromatic heterocycles. The van der Waals surface area contributed by atoms with Crippen LogP contribution >= 0.6 is 0 Å². The molecule has 2 aromatic carbocycles. The number of sulfonamides is 1. The number of rotatable bonds is 6. The van der Waals surface area contributed by atoms with E-state index in [2.05, 4.69) is 33.4 Å². The van der Waals surface area contributed by atoms with Crippen LogP contribution in [0.4, 0.5) is 17.2 Å². The number of hydrogen-bond donors (Lipinski definition) is 2. The van der Waals surface area contributed by atoms with Gasteiger partial charge in [0.15, 0.2) is 0 Å². The Hall–Kier alpha value is -3.57. The summed E-state index contributed by atoms with van der Waals surface area (Å²) in [5, 5.41) is 4.53. The molecule has 1 aliphatic carbocycles. The maximum atomic E-state index is 13.0. The molecule has 0 radical (unpaired) electrons. The first-order chi connectivity index (χ1) is 21.0. The van der Waals surface area contributed by atoms with Crippen molar-refractivity contribution in [1.82, 2.24) is 14.3 Å². The SMILES string of the molecule is NC1CCN(c2c3c(nc4ccc(-c5ccnc(Nc6ccc(S(=O)(=O)N7CCOCC7)cc6)c5)cc24)CCCCC3)C1. The zero-order valence-electron chi connectivity index (χ0n) is 24.3. The monoisotopic (exact) mass is 598 g/mol. The number of fused-ring (bicyclic) bond motifs is 2. The zero-order chi connectivity index (χ0) is 29.4. The lowest BCUT2D eigenvalue weighted by molar-refractivity contribution is 0.0730. The molecule has 7 rings (SSSR count). The molecule has 4 heterocycles. The first kappa shape index (κ1) is 28.2. The summed E-state index contributed by atoms with van der Waals surface area (Å²) in [6, 6.07) is 17.7. The Morgan fingerprint density at radius 1 is 0.907 bits per heavy atom. The molecule has 0 saturated carbocycles. The van der Waals surface area contributed by atoms with Crippen molar-refractivity contribution in [2.45, 2.75) is 49.5 Å². The molecule has 43 heavy (non-hydrogen) atoms. The first-order valence-corrected chi connectivity index (χ1v) is 16.8. The second kappa shape index (κ2) is 11.8. The Kier molecular flexibility index (Phi) is 7.77. The van der Waals surface area contributed by atoms with Gasteiger partial charge in [0.25, 0.3) is 0 Å². The average molecular weight is 599 g/mol. The number of aromatic nitrogens is 2. The number of nitrogens with one attached hydrogen (secondary N) is 1. The topological polar surface area (TPSA) is 114 Å². The number of aryl methyl sites for hydroxylation is 1. The molecule has 2 saturated heterocycles.